The highest BCUT2D eigenvalue weighted by Crippen LogP contribution is 2.48. The molecule has 8 rings (SSSR count). The summed E-state index contributed by atoms with van der Waals surface area (Å²) in [6.45, 7) is 9.28. The average Bonchev–Trinajstić information content (AvgIpc) is 4.03. The molecule has 2 N–H and O–H groups in total. The standard InChI is InChI=1S/C40H48F3N3O7S.C10H17BrO2.C7H12O2.C3H6Br2/c1-3-10-32-39(53-28-25-27(2)54-26-28,17-8-21-46(32)34(47)33-30(40(41,42)43)12-6-20-44-33)35(48)45-22-18-38(51,19-23-45)29-11-4-5-13-31(29)52-24-9-16-37(36(49)50)14-7-15-37;1-2-13-9(12)10(5-3-6-10)7-4-8-11;1-2-9-7(8)6-4-3-5-6;4-2-1-3-5/h4-6,11-13,20,25-26,32,51H,3,7-10,14-19,21-24H2,1-2H3,(H,49,50);2-8H2,1H3;6H,2-5H2,1H3;1-3H2/t32-,39+;;;/m1.../s1. The summed E-state index contributed by atoms with van der Waals surface area (Å²) in [5, 5.41) is 26.7. The number of hydrogen-bond acceptors (Lipinski definition) is 12. The number of rotatable bonds is 22. The van der Waals surface area contributed by atoms with Gasteiger partial charge in [0, 0.05) is 64.1 Å². The van der Waals surface area contributed by atoms with Gasteiger partial charge in [-0.3, -0.25) is 29.0 Å². The molecule has 3 aromatic rings. The molecule has 3 saturated carbocycles. The van der Waals surface area contributed by atoms with Gasteiger partial charge in [0.15, 0.2) is 0 Å². The summed E-state index contributed by atoms with van der Waals surface area (Å²) in [6.07, 6.45) is 11.2. The van der Waals surface area contributed by atoms with Crippen LogP contribution in [0.3, 0.4) is 0 Å². The molecule has 2 saturated heterocycles. The van der Waals surface area contributed by atoms with Crippen molar-refractivity contribution in [3.63, 3.8) is 0 Å². The number of hydrogen-bond donors (Lipinski definition) is 2. The number of halogens is 6. The summed E-state index contributed by atoms with van der Waals surface area (Å²) in [4.78, 5) is 71.1. The Balaban J connectivity index is 0.000000362. The molecular weight excluding hydrogens is 1270 g/mol. The van der Waals surface area contributed by atoms with Crippen molar-refractivity contribution in [2.24, 2.45) is 16.7 Å². The number of aliphatic hydroxyl groups is 1. The molecule has 14 nitrogen and oxygen atoms in total. The topological polar surface area (TPSA) is 182 Å². The zero-order chi connectivity index (χ0) is 59.3. The molecule has 21 heteroatoms. The molecule has 1 aromatic carbocycles. The molecule has 0 spiro atoms. The number of para-hydroxylation sites is 1. The summed E-state index contributed by atoms with van der Waals surface area (Å²) < 4.78 is 64.9. The van der Waals surface area contributed by atoms with E-state index in [2.05, 4.69) is 52.8 Å². The van der Waals surface area contributed by atoms with Gasteiger partial charge in [0.1, 0.15) is 17.2 Å². The molecule has 4 heterocycles. The summed E-state index contributed by atoms with van der Waals surface area (Å²) in [7, 11) is 0. The molecule has 0 unspecified atom stereocenters. The van der Waals surface area contributed by atoms with Crippen LogP contribution >= 0.6 is 59.1 Å². The second kappa shape index (κ2) is 32.5. The van der Waals surface area contributed by atoms with Crippen LogP contribution in [0.4, 0.5) is 13.2 Å². The Kier molecular flexibility index (Phi) is 27.3. The second-order valence-corrected chi connectivity index (χ2v) is 25.2. The number of carbonyl (C=O) groups is 5. The third kappa shape index (κ3) is 17.9. The molecule has 0 radical (unpaired) electrons. The Bertz CT molecular complexity index is 2480. The summed E-state index contributed by atoms with van der Waals surface area (Å²) in [6, 6.07) is 10.1. The Hall–Kier alpha value is -3.79. The predicted octanol–water partition coefficient (Wildman–Crippen LogP) is 14.0. The first-order valence-corrected chi connectivity index (χ1v) is 33.0. The molecule has 0 bridgehead atoms. The van der Waals surface area contributed by atoms with Gasteiger partial charge in [-0.05, 0) is 141 Å². The number of likely N-dealkylation sites (tertiary alicyclic amines) is 2. The van der Waals surface area contributed by atoms with Crippen LogP contribution in [-0.2, 0) is 40.4 Å². The van der Waals surface area contributed by atoms with E-state index < -0.39 is 52.0 Å². The Morgan fingerprint density at radius 3 is 1.95 bits per heavy atom. The summed E-state index contributed by atoms with van der Waals surface area (Å²) >= 11 is 11.4. The number of alkyl halides is 6. The average molecular weight is 1350 g/mol. The van der Waals surface area contributed by atoms with Crippen LogP contribution in [0, 0.1) is 23.7 Å². The maximum absolute atomic E-state index is 15.0. The SMILES string of the molecule is BrCCCBr.CCC[C@H]1N(C(=O)c2ncccc2C(F)(F)F)CCC[C@@]1(Oc1csc(C)c1)C(=O)N1CCC(O)(c2ccccc2OCCCC2(C(=O)O)CCC2)CC1.CCOC(=O)C1(CCCBr)CCC1.CCOC(=O)C1CCC1. The lowest BCUT2D eigenvalue weighted by molar-refractivity contribution is -0.163. The molecule has 3 aliphatic carbocycles. The number of pyridine rings is 1. The first-order valence-electron chi connectivity index (χ1n) is 28.8. The van der Waals surface area contributed by atoms with Gasteiger partial charge in [0.2, 0.25) is 5.60 Å². The zero-order valence-electron chi connectivity index (χ0n) is 47.4. The normalized spacial score (nSPS) is 20.6. The lowest BCUT2D eigenvalue weighted by Crippen LogP contribution is -2.68. The van der Waals surface area contributed by atoms with Crippen molar-refractivity contribution in [2.75, 3.05) is 55.4 Å². The Labute approximate surface area is 505 Å². The number of ether oxygens (including phenoxy) is 4. The Morgan fingerprint density at radius 2 is 1.43 bits per heavy atom. The van der Waals surface area contributed by atoms with E-state index in [0.717, 1.165) is 84.1 Å². The second-order valence-electron chi connectivity index (χ2n) is 21.7. The molecule has 2 aliphatic heterocycles. The molecular formula is C60H83Br3F3N3O11S. The molecule has 5 fully saturated rings. The van der Waals surface area contributed by atoms with Gasteiger partial charge in [-0.1, -0.05) is 98.6 Å². The van der Waals surface area contributed by atoms with Gasteiger partial charge < -0.3 is 39.0 Å². The smallest absolute Gasteiger partial charge is 0.418 e. The number of aromatic nitrogens is 1. The third-order valence-corrected chi connectivity index (χ3v) is 18.8. The fourth-order valence-corrected chi connectivity index (χ4v) is 13.4. The Morgan fingerprint density at radius 1 is 0.790 bits per heavy atom. The number of esters is 2. The molecule has 2 atom stereocenters. The van der Waals surface area contributed by atoms with Crippen molar-refractivity contribution in [1.82, 2.24) is 14.8 Å². The summed E-state index contributed by atoms with van der Waals surface area (Å²) in [5.74, 6) is -0.826. The summed E-state index contributed by atoms with van der Waals surface area (Å²) in [5.41, 5.74) is -4.97. The van der Waals surface area contributed by atoms with E-state index in [0.29, 0.717) is 81.8 Å². The van der Waals surface area contributed by atoms with Crippen molar-refractivity contribution in [2.45, 2.75) is 180 Å². The molecule has 5 aliphatic rings. The third-order valence-electron chi connectivity index (χ3n) is 16.3. The maximum Gasteiger partial charge on any atom is 0.418 e. The number of carbonyl (C=O) groups excluding carboxylic acids is 4. The monoisotopic (exact) mass is 1350 g/mol. The van der Waals surface area contributed by atoms with Gasteiger partial charge in [0.05, 0.1) is 53.8 Å². The highest BCUT2D eigenvalue weighted by atomic mass is 79.9. The first-order chi connectivity index (χ1) is 38.7. The van der Waals surface area contributed by atoms with Crippen molar-refractivity contribution in [3.8, 4) is 11.5 Å². The quantitative estimate of drug-likeness (QED) is 0.0552. The van der Waals surface area contributed by atoms with Crippen LogP contribution in [0.15, 0.2) is 54.0 Å². The predicted molar refractivity (Wildman–Crippen MR) is 318 cm³/mol. The lowest BCUT2D eigenvalue weighted by atomic mass is 9.66. The molecule has 452 valence electrons. The number of benzene rings is 1. The highest BCUT2D eigenvalue weighted by molar-refractivity contribution is 9.09. The van der Waals surface area contributed by atoms with Gasteiger partial charge in [-0.25, -0.2) is 0 Å². The number of nitrogens with zero attached hydrogens (tertiary/aromatic N) is 3. The zero-order valence-corrected chi connectivity index (χ0v) is 53.0. The highest BCUT2D eigenvalue weighted by Gasteiger charge is 2.57. The lowest BCUT2D eigenvalue weighted by Gasteiger charge is -2.51. The van der Waals surface area contributed by atoms with Crippen molar-refractivity contribution < 1.29 is 66.3 Å². The van der Waals surface area contributed by atoms with Gasteiger partial charge in [-0.2, -0.15) is 13.2 Å². The fraction of sp³-hybridized carbons (Fsp3) is 0.667. The number of aryl methyl sites for hydroxylation is 1. The van der Waals surface area contributed by atoms with Crippen LogP contribution in [0.1, 0.15) is 176 Å². The molecule has 2 amide bonds. The first kappa shape index (κ1) is 68.0. The van der Waals surface area contributed by atoms with E-state index in [-0.39, 0.29) is 68.1 Å². The van der Waals surface area contributed by atoms with Gasteiger partial charge in [0.25, 0.3) is 11.8 Å². The maximum atomic E-state index is 15.0. The van der Waals surface area contributed by atoms with E-state index in [1.54, 1.807) is 22.4 Å². The van der Waals surface area contributed by atoms with E-state index >= 15 is 0 Å². The van der Waals surface area contributed by atoms with Crippen molar-refractivity contribution >= 4 is 88.8 Å². The molecule has 81 heavy (non-hydrogen) atoms. The van der Waals surface area contributed by atoms with E-state index in [1.165, 1.54) is 35.5 Å². The van der Waals surface area contributed by atoms with Crippen LogP contribution in [0.25, 0.3) is 0 Å². The fourth-order valence-electron chi connectivity index (χ4n) is 11.2. The van der Waals surface area contributed by atoms with E-state index in [1.807, 2.05) is 45.9 Å². The van der Waals surface area contributed by atoms with Crippen molar-refractivity contribution in [3.05, 3.63) is 75.7 Å². The molecule has 2 aromatic heterocycles. The number of amides is 2. The van der Waals surface area contributed by atoms with Crippen LogP contribution in [0.5, 0.6) is 11.5 Å². The number of carboxylic acids is 1. The number of carboxylic acid groups (broad SMARTS) is 1. The number of thiophene rings is 1. The van der Waals surface area contributed by atoms with Crippen molar-refractivity contribution in [1.29, 1.82) is 0 Å². The minimum atomic E-state index is -4.81. The largest absolute Gasteiger partial charge is 0.493 e. The van der Waals surface area contributed by atoms with Crippen LogP contribution in [0.2, 0.25) is 0 Å². The van der Waals surface area contributed by atoms with E-state index in [9.17, 15) is 47.4 Å². The van der Waals surface area contributed by atoms with Crippen LogP contribution in [-0.4, -0.2) is 122 Å². The van der Waals surface area contributed by atoms with Gasteiger partial charge >= 0.3 is 24.1 Å². The minimum absolute atomic E-state index is 0.00347. The number of piperidine rings is 2. The number of aliphatic carboxylic acids is 1. The van der Waals surface area contributed by atoms with Crippen LogP contribution < -0.4 is 9.47 Å². The van der Waals surface area contributed by atoms with Gasteiger partial charge in [-0.15, -0.1) is 11.3 Å². The van der Waals surface area contributed by atoms with E-state index in [4.69, 9.17) is 18.9 Å². The minimum Gasteiger partial charge on any atom is -0.493 e.